The summed E-state index contributed by atoms with van der Waals surface area (Å²) in [5.41, 5.74) is 0.244. The highest BCUT2D eigenvalue weighted by Crippen LogP contribution is 2.21. The van der Waals surface area contributed by atoms with Crippen LogP contribution in [0.25, 0.3) is 0 Å². The fourth-order valence-corrected chi connectivity index (χ4v) is 3.65. The number of anilines is 2. The zero-order valence-corrected chi connectivity index (χ0v) is 14.1. The van der Waals surface area contributed by atoms with Crippen molar-refractivity contribution in [3.8, 4) is 0 Å². The molecule has 0 aliphatic carbocycles. The highest BCUT2D eigenvalue weighted by atomic mass is 32.2. The molecule has 6 nitrogen and oxygen atoms in total. The number of hydrogen-bond acceptors (Lipinski definition) is 5. The summed E-state index contributed by atoms with van der Waals surface area (Å²) in [4.78, 5) is 10.4. The Morgan fingerprint density at radius 2 is 1.88 bits per heavy atom. The SMILES string of the molecule is CC1CCN(c2ncc(NS(=O)(=O)c3cccc(F)c3)cn2)CC1. The fourth-order valence-electron chi connectivity index (χ4n) is 2.59. The third-order valence-corrected chi connectivity index (χ3v) is 5.44. The zero-order valence-electron chi connectivity index (χ0n) is 13.3. The Labute approximate surface area is 140 Å². The molecular formula is C16H19FN4O2S. The van der Waals surface area contributed by atoms with Crippen LogP contribution in [-0.4, -0.2) is 31.5 Å². The molecule has 2 heterocycles. The molecular weight excluding hydrogens is 331 g/mol. The van der Waals surface area contributed by atoms with Crippen molar-refractivity contribution in [3.05, 3.63) is 42.5 Å². The van der Waals surface area contributed by atoms with Crippen LogP contribution in [0.4, 0.5) is 16.0 Å². The van der Waals surface area contributed by atoms with Gasteiger partial charge in [-0.1, -0.05) is 13.0 Å². The predicted molar refractivity (Wildman–Crippen MR) is 89.9 cm³/mol. The van der Waals surface area contributed by atoms with E-state index < -0.39 is 15.8 Å². The van der Waals surface area contributed by atoms with Crippen molar-refractivity contribution in [2.45, 2.75) is 24.7 Å². The molecule has 3 rings (SSSR count). The molecule has 1 saturated heterocycles. The van der Waals surface area contributed by atoms with Crippen molar-refractivity contribution in [2.75, 3.05) is 22.7 Å². The van der Waals surface area contributed by atoms with E-state index in [1.807, 2.05) is 0 Å². The first-order valence-electron chi connectivity index (χ1n) is 7.79. The predicted octanol–water partition coefficient (Wildman–Crippen LogP) is 2.65. The smallest absolute Gasteiger partial charge is 0.262 e. The number of aromatic nitrogens is 2. The maximum Gasteiger partial charge on any atom is 0.262 e. The number of nitrogens with zero attached hydrogens (tertiary/aromatic N) is 3. The summed E-state index contributed by atoms with van der Waals surface area (Å²) in [5.74, 6) is 0.693. The second-order valence-corrected chi connectivity index (χ2v) is 7.69. The lowest BCUT2D eigenvalue weighted by atomic mass is 10.00. The molecule has 0 radical (unpaired) electrons. The quantitative estimate of drug-likeness (QED) is 0.917. The number of nitrogens with one attached hydrogen (secondary N) is 1. The first-order valence-corrected chi connectivity index (χ1v) is 9.28. The fraction of sp³-hybridized carbons (Fsp3) is 0.375. The van der Waals surface area contributed by atoms with Crippen molar-refractivity contribution in [2.24, 2.45) is 5.92 Å². The van der Waals surface area contributed by atoms with Gasteiger partial charge in [0.15, 0.2) is 0 Å². The molecule has 0 atom stereocenters. The van der Waals surface area contributed by atoms with Crippen molar-refractivity contribution in [1.82, 2.24) is 9.97 Å². The molecule has 8 heteroatoms. The lowest BCUT2D eigenvalue weighted by Crippen LogP contribution is -2.34. The Morgan fingerprint density at radius 1 is 1.21 bits per heavy atom. The van der Waals surface area contributed by atoms with Crippen LogP contribution in [0.15, 0.2) is 41.6 Å². The van der Waals surface area contributed by atoms with Crippen molar-refractivity contribution in [1.29, 1.82) is 0 Å². The molecule has 1 N–H and O–H groups in total. The maximum atomic E-state index is 13.2. The molecule has 0 amide bonds. The largest absolute Gasteiger partial charge is 0.341 e. The molecule has 1 aliphatic rings. The van der Waals surface area contributed by atoms with Crippen molar-refractivity contribution < 1.29 is 12.8 Å². The average Bonchev–Trinajstić information content (AvgIpc) is 2.56. The zero-order chi connectivity index (χ0) is 17.2. The van der Waals surface area contributed by atoms with E-state index in [9.17, 15) is 12.8 Å². The van der Waals surface area contributed by atoms with Crippen LogP contribution in [0.5, 0.6) is 0 Å². The average molecular weight is 350 g/mol. The van der Waals surface area contributed by atoms with Crippen LogP contribution in [-0.2, 0) is 10.0 Å². The first-order chi connectivity index (χ1) is 11.4. The van der Waals surface area contributed by atoms with E-state index in [0.29, 0.717) is 11.9 Å². The normalized spacial score (nSPS) is 16.2. The third kappa shape index (κ3) is 3.81. The van der Waals surface area contributed by atoms with Gasteiger partial charge in [0, 0.05) is 13.1 Å². The molecule has 1 aliphatic heterocycles. The summed E-state index contributed by atoms with van der Waals surface area (Å²) in [7, 11) is -3.86. The van der Waals surface area contributed by atoms with E-state index in [4.69, 9.17) is 0 Å². The van der Waals surface area contributed by atoms with Gasteiger partial charge in [-0.25, -0.2) is 22.8 Å². The monoisotopic (exact) mass is 350 g/mol. The van der Waals surface area contributed by atoms with E-state index in [1.54, 1.807) is 0 Å². The highest BCUT2D eigenvalue weighted by Gasteiger charge is 2.19. The number of piperidine rings is 1. The van der Waals surface area contributed by atoms with Crippen LogP contribution < -0.4 is 9.62 Å². The Kier molecular flexibility index (Phi) is 4.66. The molecule has 1 aromatic heterocycles. The summed E-state index contributed by atoms with van der Waals surface area (Å²) in [6, 6.07) is 4.83. The maximum absolute atomic E-state index is 13.2. The molecule has 1 fully saturated rings. The third-order valence-electron chi connectivity index (χ3n) is 4.06. The molecule has 0 unspecified atom stereocenters. The van der Waals surface area contributed by atoms with Crippen LogP contribution in [0.1, 0.15) is 19.8 Å². The number of sulfonamides is 1. The Morgan fingerprint density at radius 3 is 2.50 bits per heavy atom. The Balaban J connectivity index is 1.72. The summed E-state index contributed by atoms with van der Waals surface area (Å²) in [5, 5.41) is 0. The van der Waals surface area contributed by atoms with Gasteiger partial charge >= 0.3 is 0 Å². The van der Waals surface area contributed by atoms with Gasteiger partial charge in [0.05, 0.1) is 23.0 Å². The first kappa shape index (κ1) is 16.6. The van der Waals surface area contributed by atoms with Crippen LogP contribution in [0.3, 0.4) is 0 Å². The number of hydrogen-bond donors (Lipinski definition) is 1. The van der Waals surface area contributed by atoms with E-state index in [-0.39, 0.29) is 10.6 Å². The molecule has 24 heavy (non-hydrogen) atoms. The van der Waals surface area contributed by atoms with Crippen molar-refractivity contribution in [3.63, 3.8) is 0 Å². The minimum absolute atomic E-state index is 0.142. The van der Waals surface area contributed by atoms with Gasteiger partial charge in [-0.2, -0.15) is 0 Å². The highest BCUT2D eigenvalue weighted by molar-refractivity contribution is 7.92. The lowest BCUT2D eigenvalue weighted by molar-refractivity contribution is 0.434. The van der Waals surface area contributed by atoms with E-state index >= 15 is 0 Å². The number of rotatable bonds is 4. The molecule has 0 spiro atoms. The van der Waals surface area contributed by atoms with Gasteiger partial charge in [0.1, 0.15) is 5.82 Å². The van der Waals surface area contributed by atoms with Crippen LogP contribution >= 0.6 is 0 Å². The molecule has 0 bridgehead atoms. The molecule has 1 aromatic carbocycles. The van der Waals surface area contributed by atoms with E-state index in [2.05, 4.69) is 26.5 Å². The van der Waals surface area contributed by atoms with Crippen LogP contribution in [0, 0.1) is 11.7 Å². The molecule has 2 aromatic rings. The van der Waals surface area contributed by atoms with E-state index in [0.717, 1.165) is 32.0 Å². The van der Waals surface area contributed by atoms with Gasteiger partial charge in [0.2, 0.25) is 5.95 Å². The van der Waals surface area contributed by atoms with Crippen molar-refractivity contribution >= 4 is 21.7 Å². The van der Waals surface area contributed by atoms with Gasteiger partial charge in [0.25, 0.3) is 10.0 Å². The van der Waals surface area contributed by atoms with E-state index in [1.165, 1.54) is 30.6 Å². The molecule has 0 saturated carbocycles. The van der Waals surface area contributed by atoms with Gasteiger partial charge in [-0.3, -0.25) is 4.72 Å². The summed E-state index contributed by atoms with van der Waals surface area (Å²) in [6.45, 7) is 4.02. The second-order valence-electron chi connectivity index (χ2n) is 6.00. The molecule has 128 valence electrons. The standard InChI is InChI=1S/C16H19FN4O2S/c1-12-5-7-21(8-6-12)16-18-10-14(11-19-16)20-24(22,23)15-4-2-3-13(17)9-15/h2-4,9-12,20H,5-8H2,1H3. The summed E-state index contributed by atoms with van der Waals surface area (Å²) < 4.78 is 40.0. The van der Waals surface area contributed by atoms with Gasteiger partial charge in [-0.05, 0) is 37.0 Å². The number of benzene rings is 1. The minimum Gasteiger partial charge on any atom is -0.341 e. The lowest BCUT2D eigenvalue weighted by Gasteiger charge is -2.30. The topological polar surface area (TPSA) is 75.2 Å². The Bertz CT molecular complexity index is 803. The second kappa shape index (κ2) is 6.72. The Hall–Kier alpha value is -2.22. The number of halogens is 1. The van der Waals surface area contributed by atoms with Crippen LogP contribution in [0.2, 0.25) is 0 Å². The van der Waals surface area contributed by atoms with Gasteiger partial charge in [-0.15, -0.1) is 0 Å². The minimum atomic E-state index is -3.86. The summed E-state index contributed by atoms with van der Waals surface area (Å²) in [6.07, 6.45) is 5.04. The van der Waals surface area contributed by atoms with Gasteiger partial charge < -0.3 is 4.90 Å². The summed E-state index contributed by atoms with van der Waals surface area (Å²) >= 11 is 0.